The third-order valence-corrected chi connectivity index (χ3v) is 7.24. The third kappa shape index (κ3) is 4.30. The fourth-order valence-electron chi connectivity index (χ4n) is 3.62. The van der Waals surface area contributed by atoms with E-state index in [1.54, 1.807) is 26.0 Å². The van der Waals surface area contributed by atoms with Gasteiger partial charge in [-0.15, -0.1) is 0 Å². The molecule has 2 aromatic heterocycles. The number of aromatic nitrogens is 2. The molecule has 0 bridgehead atoms. The van der Waals surface area contributed by atoms with Crippen LogP contribution >= 0.6 is 0 Å². The van der Waals surface area contributed by atoms with Crippen molar-refractivity contribution in [3.8, 4) is 0 Å². The first kappa shape index (κ1) is 20.6. The number of aryl methyl sites for hydroxylation is 1. The minimum atomic E-state index is -3.76. The van der Waals surface area contributed by atoms with Crippen LogP contribution in [0.3, 0.4) is 0 Å². The predicted octanol–water partition coefficient (Wildman–Crippen LogP) is 2.32. The Bertz CT molecular complexity index is 910. The van der Waals surface area contributed by atoms with Gasteiger partial charge in [0.2, 0.25) is 15.9 Å². The summed E-state index contributed by atoms with van der Waals surface area (Å²) in [6.07, 6.45) is 5.83. The maximum Gasteiger partial charge on any atom is 0.246 e. The number of carbonyl (C=O) groups excluding carboxylic acids is 1. The Morgan fingerprint density at radius 1 is 1.21 bits per heavy atom. The van der Waals surface area contributed by atoms with Crippen molar-refractivity contribution >= 4 is 15.9 Å². The Hall–Kier alpha value is -2.13. The standard InChI is InChI=1S/C19H28N4O4S/c1-15-19(28(25,26)21(3)13-17-9-8-12-27-17)16(2)23(20-15)14-18(24)22-10-6-4-5-7-11-22/h8-9,12H,4-7,10-11,13-14H2,1-3H3. The summed E-state index contributed by atoms with van der Waals surface area (Å²) in [6.45, 7) is 5.07. The number of carbonyl (C=O) groups is 1. The summed E-state index contributed by atoms with van der Waals surface area (Å²) in [5.41, 5.74) is 0.874. The van der Waals surface area contributed by atoms with Gasteiger partial charge in [0, 0.05) is 20.1 Å². The number of hydrogen-bond acceptors (Lipinski definition) is 5. The molecule has 0 aliphatic carbocycles. The molecule has 0 spiro atoms. The zero-order valence-corrected chi connectivity index (χ0v) is 17.5. The van der Waals surface area contributed by atoms with E-state index in [1.165, 1.54) is 22.3 Å². The summed E-state index contributed by atoms with van der Waals surface area (Å²) in [6, 6.07) is 3.45. The second-order valence-electron chi connectivity index (χ2n) is 7.29. The molecule has 3 heterocycles. The summed E-state index contributed by atoms with van der Waals surface area (Å²) < 4.78 is 34.2. The van der Waals surface area contributed by atoms with E-state index in [1.807, 2.05) is 4.90 Å². The van der Waals surface area contributed by atoms with Crippen molar-refractivity contribution in [2.24, 2.45) is 0 Å². The first-order valence-corrected chi connectivity index (χ1v) is 11.0. The van der Waals surface area contributed by atoms with Crippen LogP contribution < -0.4 is 0 Å². The summed E-state index contributed by atoms with van der Waals surface area (Å²) in [7, 11) is -2.25. The van der Waals surface area contributed by atoms with E-state index in [9.17, 15) is 13.2 Å². The van der Waals surface area contributed by atoms with Crippen LogP contribution in [0.1, 0.15) is 42.8 Å². The number of furan rings is 1. The summed E-state index contributed by atoms with van der Waals surface area (Å²) in [4.78, 5) is 14.7. The number of rotatable bonds is 6. The molecule has 0 atom stereocenters. The van der Waals surface area contributed by atoms with Crippen molar-refractivity contribution in [3.63, 3.8) is 0 Å². The lowest BCUT2D eigenvalue weighted by Gasteiger charge is -2.20. The van der Waals surface area contributed by atoms with Crippen LogP contribution in [0.5, 0.6) is 0 Å². The highest BCUT2D eigenvalue weighted by molar-refractivity contribution is 7.89. The number of nitrogens with zero attached hydrogens (tertiary/aromatic N) is 4. The van der Waals surface area contributed by atoms with Crippen LogP contribution in [0.2, 0.25) is 0 Å². The van der Waals surface area contributed by atoms with E-state index in [2.05, 4.69) is 5.10 Å². The fraction of sp³-hybridized carbons (Fsp3) is 0.579. The number of amides is 1. The molecule has 1 saturated heterocycles. The van der Waals surface area contributed by atoms with Gasteiger partial charge in [-0.3, -0.25) is 9.48 Å². The predicted molar refractivity (Wildman–Crippen MR) is 104 cm³/mol. The van der Waals surface area contributed by atoms with Crippen molar-refractivity contribution in [2.45, 2.75) is 57.5 Å². The molecule has 1 fully saturated rings. The molecule has 1 aliphatic rings. The Kier molecular flexibility index (Phi) is 6.24. The molecular formula is C19H28N4O4S. The first-order valence-electron chi connectivity index (χ1n) is 9.61. The summed E-state index contributed by atoms with van der Waals surface area (Å²) in [5, 5.41) is 4.35. The van der Waals surface area contributed by atoms with Crippen molar-refractivity contribution in [2.75, 3.05) is 20.1 Å². The molecule has 0 N–H and O–H groups in total. The minimum Gasteiger partial charge on any atom is -0.468 e. The zero-order chi connectivity index (χ0) is 20.3. The van der Waals surface area contributed by atoms with Crippen LogP contribution in [0.4, 0.5) is 0 Å². The molecule has 8 nitrogen and oxygen atoms in total. The molecule has 28 heavy (non-hydrogen) atoms. The van der Waals surface area contributed by atoms with Crippen LogP contribution in [0.15, 0.2) is 27.7 Å². The maximum atomic E-state index is 13.1. The highest BCUT2D eigenvalue weighted by atomic mass is 32.2. The number of likely N-dealkylation sites (tertiary alicyclic amines) is 1. The van der Waals surface area contributed by atoms with Gasteiger partial charge in [0.05, 0.1) is 24.2 Å². The van der Waals surface area contributed by atoms with Gasteiger partial charge in [0.25, 0.3) is 0 Å². The van der Waals surface area contributed by atoms with E-state index in [0.717, 1.165) is 38.8 Å². The summed E-state index contributed by atoms with van der Waals surface area (Å²) in [5.74, 6) is 0.547. The van der Waals surface area contributed by atoms with E-state index < -0.39 is 10.0 Å². The molecule has 3 rings (SSSR count). The van der Waals surface area contributed by atoms with Crippen LogP contribution in [0.25, 0.3) is 0 Å². The Morgan fingerprint density at radius 2 is 1.89 bits per heavy atom. The van der Waals surface area contributed by atoms with E-state index in [4.69, 9.17) is 4.42 Å². The van der Waals surface area contributed by atoms with Crippen LogP contribution in [-0.2, 0) is 27.9 Å². The average molecular weight is 409 g/mol. The Morgan fingerprint density at radius 3 is 2.50 bits per heavy atom. The highest BCUT2D eigenvalue weighted by Gasteiger charge is 2.30. The number of sulfonamides is 1. The summed E-state index contributed by atoms with van der Waals surface area (Å²) >= 11 is 0. The topological polar surface area (TPSA) is 88.7 Å². The largest absolute Gasteiger partial charge is 0.468 e. The van der Waals surface area contributed by atoms with Crippen LogP contribution in [-0.4, -0.2) is 53.4 Å². The lowest BCUT2D eigenvalue weighted by Crippen LogP contribution is -2.35. The van der Waals surface area contributed by atoms with Gasteiger partial charge in [0.15, 0.2) is 0 Å². The van der Waals surface area contributed by atoms with Crippen molar-refractivity contribution in [1.29, 1.82) is 0 Å². The molecule has 0 saturated carbocycles. The smallest absolute Gasteiger partial charge is 0.246 e. The SMILES string of the molecule is Cc1nn(CC(=O)N2CCCCCC2)c(C)c1S(=O)(=O)N(C)Cc1ccco1. The normalized spacial score (nSPS) is 15.8. The second kappa shape index (κ2) is 8.48. The van der Waals surface area contributed by atoms with Gasteiger partial charge in [-0.1, -0.05) is 12.8 Å². The van der Waals surface area contributed by atoms with E-state index in [-0.39, 0.29) is 23.9 Å². The zero-order valence-electron chi connectivity index (χ0n) is 16.7. The molecule has 154 valence electrons. The van der Waals surface area contributed by atoms with Gasteiger partial charge in [-0.05, 0) is 38.8 Å². The van der Waals surface area contributed by atoms with Crippen molar-refractivity contribution in [3.05, 3.63) is 35.5 Å². The molecule has 0 aromatic carbocycles. The minimum absolute atomic E-state index is 0.0135. The quantitative estimate of drug-likeness (QED) is 0.732. The second-order valence-corrected chi connectivity index (χ2v) is 9.27. The molecular weight excluding hydrogens is 380 g/mol. The van der Waals surface area contributed by atoms with Crippen molar-refractivity contribution < 1.29 is 17.6 Å². The van der Waals surface area contributed by atoms with Crippen molar-refractivity contribution in [1.82, 2.24) is 19.0 Å². The monoisotopic (exact) mass is 408 g/mol. The lowest BCUT2D eigenvalue weighted by atomic mass is 10.2. The molecule has 0 radical (unpaired) electrons. The molecule has 0 unspecified atom stereocenters. The van der Waals surface area contributed by atoms with Gasteiger partial charge in [-0.2, -0.15) is 9.40 Å². The Labute approximate surface area is 166 Å². The van der Waals surface area contributed by atoms with Crippen LogP contribution in [0, 0.1) is 13.8 Å². The van der Waals surface area contributed by atoms with E-state index in [0.29, 0.717) is 17.1 Å². The van der Waals surface area contributed by atoms with Gasteiger partial charge in [0.1, 0.15) is 17.2 Å². The molecule has 1 amide bonds. The third-order valence-electron chi connectivity index (χ3n) is 5.19. The molecule has 9 heteroatoms. The highest BCUT2D eigenvalue weighted by Crippen LogP contribution is 2.24. The molecule has 2 aromatic rings. The lowest BCUT2D eigenvalue weighted by molar-refractivity contribution is -0.132. The Balaban J connectivity index is 1.79. The average Bonchev–Trinajstić information content (AvgIpc) is 3.12. The number of hydrogen-bond donors (Lipinski definition) is 0. The van der Waals surface area contributed by atoms with E-state index >= 15 is 0 Å². The molecule has 1 aliphatic heterocycles. The first-order chi connectivity index (χ1) is 13.3. The maximum absolute atomic E-state index is 13.1. The van der Waals surface area contributed by atoms with Gasteiger partial charge < -0.3 is 9.32 Å². The van der Waals surface area contributed by atoms with Gasteiger partial charge >= 0.3 is 0 Å². The van der Waals surface area contributed by atoms with Gasteiger partial charge in [-0.25, -0.2) is 8.42 Å². The fourth-order valence-corrected chi connectivity index (χ4v) is 5.12.